The fourth-order valence-electron chi connectivity index (χ4n) is 4.15. The molecule has 0 unspecified atom stereocenters. The molecule has 166 valence electrons. The molecule has 6 heteroatoms. The number of nitrogens with zero attached hydrogens (tertiary/aromatic N) is 3. The highest BCUT2D eigenvalue weighted by Gasteiger charge is 2.22. The number of rotatable bonds is 7. The molecule has 2 heterocycles. The van der Waals surface area contributed by atoms with Crippen molar-refractivity contribution in [3.05, 3.63) is 72.6 Å². The van der Waals surface area contributed by atoms with Gasteiger partial charge < -0.3 is 18.9 Å². The molecule has 0 saturated carbocycles. The van der Waals surface area contributed by atoms with Crippen LogP contribution in [0.25, 0.3) is 17.5 Å². The van der Waals surface area contributed by atoms with Gasteiger partial charge in [0.1, 0.15) is 5.82 Å². The highest BCUT2D eigenvalue weighted by atomic mass is 16.5. The lowest BCUT2D eigenvalue weighted by Crippen LogP contribution is -2.38. The predicted molar refractivity (Wildman–Crippen MR) is 126 cm³/mol. The second-order valence-electron chi connectivity index (χ2n) is 7.99. The summed E-state index contributed by atoms with van der Waals surface area (Å²) in [5.41, 5.74) is 2.03. The number of ether oxygens (including phenoxy) is 2. The summed E-state index contributed by atoms with van der Waals surface area (Å²) >= 11 is 0. The van der Waals surface area contributed by atoms with Crippen molar-refractivity contribution < 1.29 is 14.3 Å². The van der Waals surface area contributed by atoms with Gasteiger partial charge in [0, 0.05) is 43.7 Å². The first kappa shape index (κ1) is 21.7. The number of aromatic nitrogens is 2. The maximum atomic E-state index is 12.7. The molecule has 0 radical (unpaired) electrons. The third-order valence-electron chi connectivity index (χ3n) is 5.95. The summed E-state index contributed by atoms with van der Waals surface area (Å²) in [7, 11) is 3.21. The molecule has 6 nitrogen and oxygen atoms in total. The van der Waals surface area contributed by atoms with Crippen LogP contribution in [-0.4, -0.2) is 47.7 Å². The minimum atomic E-state index is 0.0471. The Morgan fingerprint density at radius 2 is 1.81 bits per heavy atom. The maximum Gasteiger partial charge on any atom is 0.246 e. The van der Waals surface area contributed by atoms with Crippen LogP contribution in [0.4, 0.5) is 0 Å². The minimum absolute atomic E-state index is 0.0471. The number of amides is 1. The average molecular weight is 432 g/mol. The Morgan fingerprint density at radius 3 is 2.53 bits per heavy atom. The number of carbonyl (C=O) groups is 1. The van der Waals surface area contributed by atoms with Crippen LogP contribution < -0.4 is 9.47 Å². The van der Waals surface area contributed by atoms with E-state index in [-0.39, 0.29) is 5.91 Å². The second kappa shape index (κ2) is 10.2. The second-order valence-corrected chi connectivity index (χ2v) is 7.99. The van der Waals surface area contributed by atoms with E-state index in [4.69, 9.17) is 9.47 Å². The summed E-state index contributed by atoms with van der Waals surface area (Å²) in [6.07, 6.45) is 9.36. The van der Waals surface area contributed by atoms with Crippen molar-refractivity contribution >= 4 is 12.0 Å². The standard InChI is InChI=1S/C26H29N3O3/c1-31-23-10-8-20(18-24(23)32-2)9-11-25(30)28-15-12-21(13-16-28)19-29-17-14-27-26(29)22-6-4-3-5-7-22/h3-11,14,17-18,21H,12-13,15-16,19H2,1-2H3/b11-9+. The van der Waals surface area contributed by atoms with E-state index in [1.807, 2.05) is 59.8 Å². The Balaban J connectivity index is 1.32. The van der Waals surface area contributed by atoms with Crippen molar-refractivity contribution in [3.63, 3.8) is 0 Å². The van der Waals surface area contributed by atoms with Crippen molar-refractivity contribution in [3.8, 4) is 22.9 Å². The van der Waals surface area contributed by atoms with Crippen molar-refractivity contribution in [2.24, 2.45) is 5.92 Å². The van der Waals surface area contributed by atoms with E-state index in [9.17, 15) is 4.79 Å². The van der Waals surface area contributed by atoms with Gasteiger partial charge in [0.25, 0.3) is 0 Å². The normalized spacial score (nSPS) is 14.6. The minimum Gasteiger partial charge on any atom is -0.493 e. The summed E-state index contributed by atoms with van der Waals surface area (Å²) in [4.78, 5) is 19.2. The Kier molecular flexibility index (Phi) is 6.90. The molecule has 3 aromatic rings. The molecule has 2 aromatic carbocycles. The van der Waals surface area contributed by atoms with Crippen molar-refractivity contribution in [2.45, 2.75) is 19.4 Å². The zero-order valence-electron chi connectivity index (χ0n) is 18.6. The predicted octanol–water partition coefficient (Wildman–Crippen LogP) is 4.52. The summed E-state index contributed by atoms with van der Waals surface area (Å²) in [5.74, 6) is 2.90. The molecule has 1 aromatic heterocycles. The Hall–Kier alpha value is -3.54. The van der Waals surface area contributed by atoms with E-state index in [1.54, 1.807) is 20.3 Å². The summed E-state index contributed by atoms with van der Waals surface area (Å²) in [6, 6.07) is 15.9. The lowest BCUT2D eigenvalue weighted by Gasteiger charge is -2.31. The van der Waals surface area contributed by atoms with E-state index >= 15 is 0 Å². The van der Waals surface area contributed by atoms with Crippen LogP contribution in [0.3, 0.4) is 0 Å². The molecular weight excluding hydrogens is 402 g/mol. The van der Waals surface area contributed by atoms with Gasteiger partial charge in [-0.25, -0.2) is 4.98 Å². The highest BCUT2D eigenvalue weighted by molar-refractivity contribution is 5.91. The van der Waals surface area contributed by atoms with Crippen molar-refractivity contribution in [1.29, 1.82) is 0 Å². The number of likely N-dealkylation sites (tertiary alicyclic amines) is 1. The Labute approximate surface area is 189 Å². The van der Waals surface area contributed by atoms with Crippen LogP contribution in [0.1, 0.15) is 18.4 Å². The van der Waals surface area contributed by atoms with E-state index in [2.05, 4.69) is 21.7 Å². The number of imidazole rings is 1. The zero-order chi connectivity index (χ0) is 22.3. The monoisotopic (exact) mass is 431 g/mol. The van der Waals surface area contributed by atoms with Crippen LogP contribution in [0, 0.1) is 5.92 Å². The number of piperidine rings is 1. The van der Waals surface area contributed by atoms with E-state index in [0.29, 0.717) is 17.4 Å². The molecule has 0 bridgehead atoms. The number of hydrogen-bond donors (Lipinski definition) is 0. The Morgan fingerprint density at radius 1 is 1.06 bits per heavy atom. The first-order valence-electron chi connectivity index (χ1n) is 10.9. The molecule has 0 aliphatic carbocycles. The van der Waals surface area contributed by atoms with Crippen molar-refractivity contribution in [2.75, 3.05) is 27.3 Å². The molecule has 0 N–H and O–H groups in total. The molecular formula is C26H29N3O3. The topological polar surface area (TPSA) is 56.6 Å². The van der Waals surface area contributed by atoms with Gasteiger partial charge in [-0.1, -0.05) is 36.4 Å². The highest BCUT2D eigenvalue weighted by Crippen LogP contribution is 2.28. The molecule has 0 spiro atoms. The van der Waals surface area contributed by atoms with Crippen LogP contribution >= 0.6 is 0 Å². The number of carbonyl (C=O) groups excluding carboxylic acids is 1. The fourth-order valence-corrected chi connectivity index (χ4v) is 4.15. The van der Waals surface area contributed by atoms with Gasteiger partial charge in [0.15, 0.2) is 11.5 Å². The van der Waals surface area contributed by atoms with Gasteiger partial charge in [-0.05, 0) is 42.5 Å². The largest absolute Gasteiger partial charge is 0.493 e. The molecule has 1 saturated heterocycles. The number of hydrogen-bond acceptors (Lipinski definition) is 4. The first-order chi connectivity index (χ1) is 15.7. The number of benzene rings is 2. The van der Waals surface area contributed by atoms with Gasteiger partial charge >= 0.3 is 0 Å². The Bertz CT molecular complexity index is 1070. The van der Waals surface area contributed by atoms with Crippen LogP contribution in [0.5, 0.6) is 11.5 Å². The molecule has 1 amide bonds. The summed E-state index contributed by atoms with van der Waals surface area (Å²) < 4.78 is 12.8. The van der Waals surface area contributed by atoms with Gasteiger partial charge in [-0.15, -0.1) is 0 Å². The smallest absolute Gasteiger partial charge is 0.246 e. The van der Waals surface area contributed by atoms with E-state index < -0.39 is 0 Å². The van der Waals surface area contributed by atoms with E-state index in [1.165, 1.54) is 0 Å². The van der Waals surface area contributed by atoms with Gasteiger partial charge in [0.05, 0.1) is 14.2 Å². The molecule has 1 aliphatic rings. The SMILES string of the molecule is COc1ccc(/C=C/C(=O)N2CCC(Cn3ccnc3-c3ccccc3)CC2)cc1OC. The van der Waals surface area contributed by atoms with Gasteiger partial charge in [0.2, 0.25) is 5.91 Å². The van der Waals surface area contributed by atoms with Crippen molar-refractivity contribution in [1.82, 2.24) is 14.5 Å². The third-order valence-corrected chi connectivity index (χ3v) is 5.95. The first-order valence-corrected chi connectivity index (χ1v) is 10.9. The maximum absolute atomic E-state index is 12.7. The quantitative estimate of drug-likeness (QED) is 0.516. The summed E-state index contributed by atoms with van der Waals surface area (Å²) in [5, 5.41) is 0. The molecule has 1 fully saturated rings. The fraction of sp³-hybridized carbons (Fsp3) is 0.308. The van der Waals surface area contributed by atoms with Crippen LogP contribution in [-0.2, 0) is 11.3 Å². The van der Waals surface area contributed by atoms with E-state index in [0.717, 1.165) is 49.4 Å². The average Bonchev–Trinajstić information content (AvgIpc) is 3.31. The molecule has 0 atom stereocenters. The molecule has 32 heavy (non-hydrogen) atoms. The van der Waals surface area contributed by atoms with Gasteiger partial charge in [-0.3, -0.25) is 4.79 Å². The van der Waals surface area contributed by atoms with Crippen LogP contribution in [0.15, 0.2) is 67.0 Å². The molecule has 1 aliphatic heterocycles. The number of methoxy groups -OCH3 is 2. The summed E-state index contributed by atoms with van der Waals surface area (Å²) in [6.45, 7) is 2.47. The van der Waals surface area contributed by atoms with Gasteiger partial charge in [-0.2, -0.15) is 0 Å². The van der Waals surface area contributed by atoms with Crippen LogP contribution in [0.2, 0.25) is 0 Å². The zero-order valence-corrected chi connectivity index (χ0v) is 18.6. The lowest BCUT2D eigenvalue weighted by molar-refractivity contribution is -0.127. The third kappa shape index (κ3) is 5.02. The lowest BCUT2D eigenvalue weighted by atomic mass is 9.96. The molecule has 4 rings (SSSR count).